The Balaban J connectivity index is 2.45. The number of rotatable bonds is 1. The van der Waals surface area contributed by atoms with Crippen LogP contribution in [0.2, 0.25) is 0 Å². The van der Waals surface area contributed by atoms with E-state index >= 15 is 0 Å². The van der Waals surface area contributed by atoms with Crippen LogP contribution in [0, 0.1) is 5.92 Å². The van der Waals surface area contributed by atoms with Crippen LogP contribution in [-0.2, 0) is 9.53 Å². The first-order valence-electron chi connectivity index (χ1n) is 4.09. The van der Waals surface area contributed by atoms with Crippen molar-refractivity contribution in [2.45, 2.75) is 31.5 Å². The Morgan fingerprint density at radius 2 is 2.00 bits per heavy atom. The van der Waals surface area contributed by atoms with E-state index in [0.29, 0.717) is 19.3 Å². The molecule has 0 aromatic heterocycles. The van der Waals surface area contributed by atoms with E-state index in [0.717, 1.165) is 0 Å². The fourth-order valence-corrected chi connectivity index (χ4v) is 1.51. The molecule has 0 bridgehead atoms. The molecular formula is C8H14O4. The number of aliphatic hydroxyl groups excluding tert-OH is 2. The number of methoxy groups -OCH3 is 1. The fraction of sp³-hybridized carbons (Fsp3) is 0.875. The topological polar surface area (TPSA) is 66.8 Å². The first kappa shape index (κ1) is 9.48. The number of aliphatic hydroxyl groups is 2. The SMILES string of the molecule is COC(=O)[C@@H]1CC[C@H](O)[C@H](O)C1. The predicted octanol–water partition coefficient (Wildman–Crippen LogP) is -0.319. The van der Waals surface area contributed by atoms with Gasteiger partial charge < -0.3 is 14.9 Å². The minimum absolute atomic E-state index is 0.242. The summed E-state index contributed by atoms with van der Waals surface area (Å²) in [5.41, 5.74) is 0. The molecule has 0 aliphatic heterocycles. The lowest BCUT2D eigenvalue weighted by atomic mass is 9.85. The van der Waals surface area contributed by atoms with E-state index in [2.05, 4.69) is 4.74 Å². The normalized spacial score (nSPS) is 36.1. The zero-order valence-corrected chi connectivity index (χ0v) is 7.06. The molecular weight excluding hydrogens is 160 g/mol. The van der Waals surface area contributed by atoms with Crippen molar-refractivity contribution in [1.29, 1.82) is 0 Å². The number of carbonyl (C=O) groups excluding carboxylic acids is 1. The highest BCUT2D eigenvalue weighted by Crippen LogP contribution is 2.25. The van der Waals surface area contributed by atoms with Crippen LogP contribution in [0.15, 0.2) is 0 Å². The molecule has 1 aliphatic rings. The van der Waals surface area contributed by atoms with Crippen LogP contribution in [0.3, 0.4) is 0 Å². The minimum Gasteiger partial charge on any atom is -0.469 e. The molecule has 0 radical (unpaired) electrons. The third-order valence-corrected chi connectivity index (χ3v) is 2.32. The van der Waals surface area contributed by atoms with E-state index in [4.69, 9.17) is 5.11 Å². The van der Waals surface area contributed by atoms with Crippen LogP contribution in [0.5, 0.6) is 0 Å². The van der Waals surface area contributed by atoms with Gasteiger partial charge in [0.2, 0.25) is 0 Å². The zero-order valence-electron chi connectivity index (χ0n) is 7.06. The Bertz CT molecular complexity index is 168. The molecule has 0 unspecified atom stereocenters. The van der Waals surface area contributed by atoms with Gasteiger partial charge in [-0.1, -0.05) is 0 Å². The van der Waals surface area contributed by atoms with Crippen molar-refractivity contribution in [1.82, 2.24) is 0 Å². The Labute approximate surface area is 71.2 Å². The van der Waals surface area contributed by atoms with Gasteiger partial charge in [-0.2, -0.15) is 0 Å². The molecule has 4 heteroatoms. The molecule has 0 aromatic rings. The lowest BCUT2D eigenvalue weighted by molar-refractivity contribution is -0.149. The van der Waals surface area contributed by atoms with Crippen LogP contribution in [-0.4, -0.2) is 35.5 Å². The molecule has 0 heterocycles. The highest BCUT2D eigenvalue weighted by molar-refractivity contribution is 5.72. The molecule has 0 aromatic carbocycles. The van der Waals surface area contributed by atoms with Crippen LogP contribution in [0.25, 0.3) is 0 Å². The molecule has 1 rings (SSSR count). The smallest absolute Gasteiger partial charge is 0.308 e. The Morgan fingerprint density at radius 3 is 2.50 bits per heavy atom. The zero-order chi connectivity index (χ0) is 9.14. The first-order chi connectivity index (χ1) is 5.65. The van der Waals surface area contributed by atoms with Crippen LogP contribution in [0.4, 0.5) is 0 Å². The van der Waals surface area contributed by atoms with E-state index in [1.165, 1.54) is 7.11 Å². The maximum atomic E-state index is 11.0. The summed E-state index contributed by atoms with van der Waals surface area (Å²) in [7, 11) is 1.33. The minimum atomic E-state index is -0.775. The first-order valence-corrected chi connectivity index (χ1v) is 4.09. The summed E-state index contributed by atoms with van der Waals surface area (Å²) in [5, 5.41) is 18.4. The van der Waals surface area contributed by atoms with Crippen molar-refractivity contribution in [2.75, 3.05) is 7.11 Å². The number of esters is 1. The predicted molar refractivity (Wildman–Crippen MR) is 41.4 cm³/mol. The standard InChI is InChI=1S/C8H14O4/c1-12-8(11)5-2-3-6(9)7(10)4-5/h5-7,9-10H,2-4H2,1H3/t5-,6+,7-/m1/s1. The van der Waals surface area contributed by atoms with Gasteiger partial charge in [-0.3, -0.25) is 4.79 Å². The number of hydrogen-bond acceptors (Lipinski definition) is 4. The molecule has 4 nitrogen and oxygen atoms in total. The number of ether oxygens (including phenoxy) is 1. The molecule has 2 N–H and O–H groups in total. The second-order valence-electron chi connectivity index (χ2n) is 3.17. The summed E-state index contributed by atoms with van der Waals surface area (Å²) in [6.45, 7) is 0. The molecule has 1 saturated carbocycles. The van der Waals surface area contributed by atoms with E-state index in [-0.39, 0.29) is 11.9 Å². The summed E-state index contributed by atoms with van der Waals surface area (Å²) in [6.07, 6.45) is -0.0617. The van der Waals surface area contributed by atoms with Crippen LogP contribution < -0.4 is 0 Å². The molecule has 3 atom stereocenters. The fourth-order valence-electron chi connectivity index (χ4n) is 1.51. The van der Waals surface area contributed by atoms with Gasteiger partial charge in [0.05, 0.1) is 25.2 Å². The third kappa shape index (κ3) is 1.95. The van der Waals surface area contributed by atoms with Gasteiger partial charge >= 0.3 is 5.97 Å². The van der Waals surface area contributed by atoms with E-state index < -0.39 is 12.2 Å². The van der Waals surface area contributed by atoms with Gasteiger partial charge in [0.1, 0.15) is 0 Å². The third-order valence-electron chi connectivity index (χ3n) is 2.32. The highest BCUT2D eigenvalue weighted by atomic mass is 16.5. The van der Waals surface area contributed by atoms with Gasteiger partial charge in [-0.05, 0) is 19.3 Å². The maximum absolute atomic E-state index is 11.0. The second-order valence-corrected chi connectivity index (χ2v) is 3.17. The van der Waals surface area contributed by atoms with Crippen LogP contribution >= 0.6 is 0 Å². The quantitative estimate of drug-likeness (QED) is 0.535. The molecule has 0 amide bonds. The van der Waals surface area contributed by atoms with Crippen molar-refractivity contribution in [3.8, 4) is 0 Å². The van der Waals surface area contributed by atoms with E-state index in [9.17, 15) is 9.90 Å². The van der Waals surface area contributed by atoms with Crippen molar-refractivity contribution >= 4 is 5.97 Å². The van der Waals surface area contributed by atoms with Crippen molar-refractivity contribution in [3.63, 3.8) is 0 Å². The van der Waals surface area contributed by atoms with Gasteiger partial charge in [0.25, 0.3) is 0 Å². The molecule has 70 valence electrons. The van der Waals surface area contributed by atoms with Crippen molar-refractivity contribution in [3.05, 3.63) is 0 Å². The lowest BCUT2D eigenvalue weighted by Crippen LogP contribution is -2.36. The summed E-state index contributed by atoms with van der Waals surface area (Å²) in [4.78, 5) is 11.0. The van der Waals surface area contributed by atoms with Gasteiger partial charge in [0.15, 0.2) is 0 Å². The molecule has 1 aliphatic carbocycles. The number of carbonyl (C=O) groups is 1. The monoisotopic (exact) mass is 174 g/mol. The Morgan fingerprint density at radius 1 is 1.33 bits per heavy atom. The van der Waals surface area contributed by atoms with Gasteiger partial charge in [0, 0.05) is 0 Å². The number of hydrogen-bond donors (Lipinski definition) is 2. The summed E-state index contributed by atoms with van der Waals surface area (Å²) in [5.74, 6) is -0.533. The molecule has 12 heavy (non-hydrogen) atoms. The average Bonchev–Trinajstić information content (AvgIpc) is 2.08. The average molecular weight is 174 g/mol. The largest absolute Gasteiger partial charge is 0.469 e. The highest BCUT2D eigenvalue weighted by Gasteiger charge is 2.31. The molecule has 0 spiro atoms. The summed E-state index contributed by atoms with van der Waals surface area (Å²) < 4.78 is 4.54. The summed E-state index contributed by atoms with van der Waals surface area (Å²) >= 11 is 0. The molecule has 1 fully saturated rings. The maximum Gasteiger partial charge on any atom is 0.308 e. The Kier molecular flexibility index (Phi) is 3.05. The van der Waals surface area contributed by atoms with Crippen molar-refractivity contribution in [2.24, 2.45) is 5.92 Å². The van der Waals surface area contributed by atoms with E-state index in [1.54, 1.807) is 0 Å². The van der Waals surface area contributed by atoms with E-state index in [1.807, 2.05) is 0 Å². The van der Waals surface area contributed by atoms with Gasteiger partial charge in [-0.25, -0.2) is 0 Å². The Hall–Kier alpha value is -0.610. The lowest BCUT2D eigenvalue weighted by Gasteiger charge is -2.28. The van der Waals surface area contributed by atoms with Gasteiger partial charge in [-0.15, -0.1) is 0 Å². The second kappa shape index (κ2) is 3.87. The molecule has 0 saturated heterocycles. The summed E-state index contributed by atoms with van der Waals surface area (Å²) in [6, 6.07) is 0. The van der Waals surface area contributed by atoms with Crippen molar-refractivity contribution < 1.29 is 19.7 Å². The van der Waals surface area contributed by atoms with Crippen LogP contribution in [0.1, 0.15) is 19.3 Å².